The first kappa shape index (κ1) is 12.8. The first-order valence-corrected chi connectivity index (χ1v) is 7.13. The number of nitrogens with zero attached hydrogens (tertiary/aromatic N) is 1. The molecule has 0 bridgehead atoms. The topological polar surface area (TPSA) is 24.9 Å². The van der Waals surface area contributed by atoms with Crippen molar-refractivity contribution < 1.29 is 0 Å². The Morgan fingerprint density at radius 3 is 2.59 bits per heavy atom. The SMILES string of the molecule is CCNc1c(C)c(C)nc2c(Br)cc(Br)cc12. The van der Waals surface area contributed by atoms with E-state index in [0.717, 1.165) is 32.1 Å². The molecule has 4 heteroatoms. The van der Waals surface area contributed by atoms with Gasteiger partial charge in [-0.3, -0.25) is 4.98 Å². The van der Waals surface area contributed by atoms with E-state index in [1.165, 1.54) is 11.3 Å². The van der Waals surface area contributed by atoms with E-state index < -0.39 is 0 Å². The van der Waals surface area contributed by atoms with Crippen LogP contribution in [-0.4, -0.2) is 11.5 Å². The summed E-state index contributed by atoms with van der Waals surface area (Å²) in [7, 11) is 0. The van der Waals surface area contributed by atoms with Gasteiger partial charge in [0, 0.05) is 32.3 Å². The zero-order valence-electron chi connectivity index (χ0n) is 10.1. The Balaban J connectivity index is 2.87. The molecular weight excluding hydrogens is 344 g/mol. The molecule has 0 saturated carbocycles. The Bertz CT molecular complexity index is 579. The fourth-order valence-electron chi connectivity index (χ4n) is 1.91. The van der Waals surface area contributed by atoms with Crippen LogP contribution >= 0.6 is 31.9 Å². The highest BCUT2D eigenvalue weighted by Crippen LogP contribution is 2.34. The minimum atomic E-state index is 0.906. The Kier molecular flexibility index (Phi) is 3.73. The average Bonchev–Trinajstić information content (AvgIpc) is 2.26. The molecule has 0 aliphatic carbocycles. The van der Waals surface area contributed by atoms with Crippen molar-refractivity contribution in [3.05, 3.63) is 32.3 Å². The maximum Gasteiger partial charge on any atom is 0.0868 e. The van der Waals surface area contributed by atoms with Crippen LogP contribution in [0.5, 0.6) is 0 Å². The zero-order chi connectivity index (χ0) is 12.6. The molecule has 17 heavy (non-hydrogen) atoms. The summed E-state index contributed by atoms with van der Waals surface area (Å²) >= 11 is 7.10. The van der Waals surface area contributed by atoms with E-state index in [0.29, 0.717) is 0 Å². The number of fused-ring (bicyclic) bond motifs is 1. The highest BCUT2D eigenvalue weighted by atomic mass is 79.9. The monoisotopic (exact) mass is 356 g/mol. The molecule has 0 atom stereocenters. The zero-order valence-corrected chi connectivity index (χ0v) is 13.2. The van der Waals surface area contributed by atoms with Crippen molar-refractivity contribution in [2.45, 2.75) is 20.8 Å². The van der Waals surface area contributed by atoms with Crippen LogP contribution in [0.1, 0.15) is 18.2 Å². The van der Waals surface area contributed by atoms with Crippen molar-refractivity contribution in [2.75, 3.05) is 11.9 Å². The number of halogens is 2. The molecule has 0 spiro atoms. The fourth-order valence-corrected chi connectivity index (χ4v) is 3.22. The molecule has 0 fully saturated rings. The molecule has 1 N–H and O–H groups in total. The van der Waals surface area contributed by atoms with Crippen LogP contribution in [0.15, 0.2) is 21.1 Å². The van der Waals surface area contributed by atoms with E-state index in [1.54, 1.807) is 0 Å². The third-order valence-corrected chi connectivity index (χ3v) is 3.91. The molecule has 90 valence electrons. The van der Waals surface area contributed by atoms with Gasteiger partial charge in [0.05, 0.1) is 5.52 Å². The number of aromatic nitrogens is 1. The Hall–Kier alpha value is -0.610. The highest BCUT2D eigenvalue weighted by Gasteiger charge is 2.11. The lowest BCUT2D eigenvalue weighted by molar-refractivity contribution is 1.15. The molecule has 0 aliphatic heterocycles. The Labute approximate surface area is 118 Å². The summed E-state index contributed by atoms with van der Waals surface area (Å²) < 4.78 is 2.07. The number of rotatable bonds is 2. The lowest BCUT2D eigenvalue weighted by Gasteiger charge is -2.14. The molecule has 1 aromatic heterocycles. The van der Waals surface area contributed by atoms with Crippen molar-refractivity contribution >= 4 is 48.5 Å². The second-order valence-electron chi connectivity index (χ2n) is 4.01. The van der Waals surface area contributed by atoms with Crippen molar-refractivity contribution in [2.24, 2.45) is 0 Å². The second kappa shape index (κ2) is 4.94. The summed E-state index contributed by atoms with van der Waals surface area (Å²) in [4.78, 5) is 4.65. The Morgan fingerprint density at radius 1 is 1.24 bits per heavy atom. The van der Waals surface area contributed by atoms with Crippen molar-refractivity contribution in [3.63, 3.8) is 0 Å². The van der Waals surface area contributed by atoms with Crippen molar-refractivity contribution in [3.8, 4) is 0 Å². The Morgan fingerprint density at radius 2 is 1.94 bits per heavy atom. The van der Waals surface area contributed by atoms with Crippen LogP contribution < -0.4 is 5.32 Å². The molecule has 0 unspecified atom stereocenters. The van der Waals surface area contributed by atoms with Crippen molar-refractivity contribution in [1.29, 1.82) is 0 Å². The molecule has 1 aromatic carbocycles. The van der Waals surface area contributed by atoms with E-state index in [9.17, 15) is 0 Å². The summed E-state index contributed by atoms with van der Waals surface area (Å²) in [6, 6.07) is 4.14. The minimum Gasteiger partial charge on any atom is -0.385 e. The summed E-state index contributed by atoms with van der Waals surface area (Å²) in [6.45, 7) is 7.16. The maximum atomic E-state index is 4.65. The van der Waals surface area contributed by atoms with Gasteiger partial charge in [0.1, 0.15) is 0 Å². The van der Waals surface area contributed by atoms with E-state index >= 15 is 0 Å². The number of aryl methyl sites for hydroxylation is 1. The maximum absolute atomic E-state index is 4.65. The van der Waals surface area contributed by atoms with Gasteiger partial charge in [0.15, 0.2) is 0 Å². The molecular formula is C13H14Br2N2. The van der Waals surface area contributed by atoms with Gasteiger partial charge in [0.25, 0.3) is 0 Å². The molecule has 2 nitrogen and oxygen atoms in total. The lowest BCUT2D eigenvalue weighted by Crippen LogP contribution is -2.03. The number of pyridine rings is 1. The predicted octanol–water partition coefficient (Wildman–Crippen LogP) is 4.81. The molecule has 2 rings (SSSR count). The van der Waals surface area contributed by atoms with E-state index in [4.69, 9.17) is 0 Å². The quantitative estimate of drug-likeness (QED) is 0.834. The fraction of sp³-hybridized carbons (Fsp3) is 0.308. The number of hydrogen-bond acceptors (Lipinski definition) is 2. The van der Waals surface area contributed by atoms with Crippen LogP contribution in [0.3, 0.4) is 0 Å². The third kappa shape index (κ3) is 2.33. The summed E-state index contributed by atoms with van der Waals surface area (Å²) in [5.74, 6) is 0. The summed E-state index contributed by atoms with van der Waals surface area (Å²) in [5, 5.41) is 4.58. The van der Waals surface area contributed by atoms with E-state index in [-0.39, 0.29) is 0 Å². The smallest absolute Gasteiger partial charge is 0.0868 e. The number of anilines is 1. The summed E-state index contributed by atoms with van der Waals surface area (Å²) in [6.07, 6.45) is 0. The largest absolute Gasteiger partial charge is 0.385 e. The predicted molar refractivity (Wildman–Crippen MR) is 80.8 cm³/mol. The van der Waals surface area contributed by atoms with Gasteiger partial charge in [-0.1, -0.05) is 15.9 Å². The number of nitrogens with one attached hydrogen (secondary N) is 1. The minimum absolute atomic E-state index is 0.906. The summed E-state index contributed by atoms with van der Waals surface area (Å²) in [5.41, 5.74) is 4.46. The molecule has 0 radical (unpaired) electrons. The standard InChI is InChI=1S/C13H14Br2N2/c1-4-16-12-7(2)8(3)17-13-10(12)5-9(14)6-11(13)15/h5-6H,4H2,1-3H3,(H,16,17). The molecule has 0 saturated heterocycles. The van der Waals surface area contributed by atoms with Gasteiger partial charge in [-0.25, -0.2) is 0 Å². The first-order chi connectivity index (χ1) is 8.04. The average molecular weight is 358 g/mol. The van der Waals surface area contributed by atoms with Crippen molar-refractivity contribution in [1.82, 2.24) is 4.98 Å². The normalized spacial score (nSPS) is 10.9. The molecule has 0 amide bonds. The second-order valence-corrected chi connectivity index (χ2v) is 5.78. The molecule has 1 heterocycles. The van der Waals surface area contributed by atoms with Gasteiger partial charge in [-0.2, -0.15) is 0 Å². The van der Waals surface area contributed by atoms with Crippen LogP contribution in [-0.2, 0) is 0 Å². The molecule has 0 aliphatic rings. The number of benzene rings is 1. The van der Waals surface area contributed by atoms with Crippen LogP contribution in [0, 0.1) is 13.8 Å². The molecule has 2 aromatic rings. The van der Waals surface area contributed by atoms with Crippen LogP contribution in [0.2, 0.25) is 0 Å². The van der Waals surface area contributed by atoms with Gasteiger partial charge < -0.3 is 5.32 Å². The third-order valence-electron chi connectivity index (χ3n) is 2.85. The lowest BCUT2D eigenvalue weighted by atomic mass is 10.1. The van der Waals surface area contributed by atoms with E-state index in [1.807, 2.05) is 13.0 Å². The highest BCUT2D eigenvalue weighted by molar-refractivity contribution is 9.11. The first-order valence-electron chi connectivity index (χ1n) is 5.54. The van der Waals surface area contributed by atoms with Gasteiger partial charge >= 0.3 is 0 Å². The van der Waals surface area contributed by atoms with Crippen LogP contribution in [0.25, 0.3) is 10.9 Å². The van der Waals surface area contributed by atoms with Gasteiger partial charge in [0.2, 0.25) is 0 Å². The van der Waals surface area contributed by atoms with Gasteiger partial charge in [-0.05, 0) is 54.4 Å². The van der Waals surface area contributed by atoms with E-state index in [2.05, 4.69) is 62.1 Å². The van der Waals surface area contributed by atoms with Gasteiger partial charge in [-0.15, -0.1) is 0 Å². The number of hydrogen-bond donors (Lipinski definition) is 1. The van der Waals surface area contributed by atoms with Crippen LogP contribution in [0.4, 0.5) is 5.69 Å².